The van der Waals surface area contributed by atoms with Crippen molar-refractivity contribution in [3.63, 3.8) is 0 Å². The maximum atomic E-state index is 14.8. The van der Waals surface area contributed by atoms with Crippen LogP contribution in [0, 0.1) is 17.8 Å². The Morgan fingerprint density at radius 3 is 2.02 bits per heavy atom. The number of hydrogen-bond donors (Lipinski definition) is 1. The van der Waals surface area contributed by atoms with Crippen LogP contribution in [0.3, 0.4) is 0 Å². The molecule has 0 aromatic heterocycles. The van der Waals surface area contributed by atoms with Gasteiger partial charge in [0.25, 0.3) is 5.91 Å². The zero-order valence-electron chi connectivity index (χ0n) is 28.9. The van der Waals surface area contributed by atoms with Gasteiger partial charge in [0.05, 0.1) is 30.7 Å². The van der Waals surface area contributed by atoms with Crippen molar-refractivity contribution < 1.29 is 29.0 Å². The molecule has 2 bridgehead atoms. The SMILES string of the molecule is C=CCN(C(=O)C1N(CCO)C(=O)[C@@H]2[C@H](C(=O)N(CC=C)c3ccc(OCC)cc3)[C@@]3(C)OC12CC3C)c1ccc(N(CC)CC)cc1. The monoisotopic (exact) mass is 658 g/mol. The van der Waals surface area contributed by atoms with Crippen LogP contribution in [0.4, 0.5) is 17.1 Å². The molecule has 5 rings (SSSR count). The maximum absolute atomic E-state index is 14.8. The molecule has 10 heteroatoms. The minimum atomic E-state index is -1.25. The lowest BCUT2D eigenvalue weighted by Gasteiger charge is -2.39. The summed E-state index contributed by atoms with van der Waals surface area (Å²) in [6.45, 7) is 20.1. The molecule has 10 nitrogen and oxygen atoms in total. The molecular weight excluding hydrogens is 608 g/mol. The molecule has 3 aliphatic heterocycles. The summed E-state index contributed by atoms with van der Waals surface area (Å²) < 4.78 is 12.5. The number of nitrogens with zero attached hydrogens (tertiary/aromatic N) is 4. The number of amides is 3. The number of hydrogen-bond acceptors (Lipinski definition) is 7. The van der Waals surface area contributed by atoms with E-state index in [0.717, 1.165) is 18.8 Å². The number of benzene rings is 2. The smallest absolute Gasteiger partial charge is 0.253 e. The molecule has 3 fully saturated rings. The fourth-order valence-corrected chi connectivity index (χ4v) is 8.28. The van der Waals surface area contributed by atoms with Gasteiger partial charge in [0, 0.05) is 49.8 Å². The second-order valence-electron chi connectivity index (χ2n) is 13.0. The predicted molar refractivity (Wildman–Crippen MR) is 188 cm³/mol. The van der Waals surface area contributed by atoms with Gasteiger partial charge in [-0.1, -0.05) is 19.1 Å². The van der Waals surface area contributed by atoms with Crippen molar-refractivity contribution in [2.75, 3.05) is 60.6 Å². The first-order valence-electron chi connectivity index (χ1n) is 17.1. The summed E-state index contributed by atoms with van der Waals surface area (Å²) in [5.41, 5.74) is 0.104. The van der Waals surface area contributed by atoms with Gasteiger partial charge in [-0.15, -0.1) is 13.2 Å². The molecule has 3 aliphatic rings. The zero-order chi connectivity index (χ0) is 34.8. The Balaban J connectivity index is 1.55. The molecule has 0 aliphatic carbocycles. The highest BCUT2D eigenvalue weighted by atomic mass is 16.5. The molecule has 2 aromatic rings. The molecule has 6 atom stereocenters. The minimum Gasteiger partial charge on any atom is -0.494 e. The molecule has 3 unspecified atom stereocenters. The molecule has 3 heterocycles. The fourth-order valence-electron chi connectivity index (χ4n) is 8.28. The lowest BCUT2D eigenvalue weighted by molar-refractivity contribution is -0.146. The molecule has 3 amide bonds. The standard InChI is InChI=1S/C38H50N4O6/c1-8-21-40(29-17-19-30(20-18-29)47-12-5)34(44)31-32-35(45)42(23-24-43)33(38(32)25-26(6)37(31,7)48-38)36(46)41(22-9-2)28-15-13-27(14-16-28)39(10-3)11-4/h8-9,13-20,26,31-33,43H,1-2,10-12,21-25H2,3-7H3/t26?,31-,32+,33?,37+,38?/m1/s1. The van der Waals surface area contributed by atoms with Gasteiger partial charge in [0.1, 0.15) is 17.4 Å². The highest BCUT2D eigenvalue weighted by Gasteiger charge is 2.80. The Bertz CT molecular complexity index is 1510. The van der Waals surface area contributed by atoms with Crippen molar-refractivity contribution in [3.8, 4) is 5.75 Å². The topological polar surface area (TPSA) is 103 Å². The van der Waals surface area contributed by atoms with Crippen molar-refractivity contribution in [3.05, 3.63) is 73.8 Å². The van der Waals surface area contributed by atoms with Gasteiger partial charge in [0.2, 0.25) is 11.8 Å². The third-order valence-electron chi connectivity index (χ3n) is 10.6. The minimum absolute atomic E-state index is 0.0546. The van der Waals surface area contributed by atoms with Crippen LogP contribution in [0.2, 0.25) is 0 Å². The van der Waals surface area contributed by atoms with E-state index in [4.69, 9.17) is 9.47 Å². The van der Waals surface area contributed by atoms with Crippen LogP contribution in [0.15, 0.2) is 73.8 Å². The van der Waals surface area contributed by atoms with Crippen LogP contribution in [0.25, 0.3) is 0 Å². The predicted octanol–water partition coefficient (Wildman–Crippen LogP) is 4.67. The normalized spacial score (nSPS) is 27.0. The van der Waals surface area contributed by atoms with E-state index in [0.29, 0.717) is 30.2 Å². The van der Waals surface area contributed by atoms with Crippen LogP contribution < -0.4 is 19.4 Å². The Kier molecular flexibility index (Phi) is 10.4. The third-order valence-corrected chi connectivity index (χ3v) is 10.6. The van der Waals surface area contributed by atoms with Crippen LogP contribution in [0.1, 0.15) is 41.0 Å². The first kappa shape index (κ1) is 35.2. The summed E-state index contributed by atoms with van der Waals surface area (Å²) in [6.07, 6.45) is 3.74. The number of ether oxygens (including phenoxy) is 2. The number of rotatable bonds is 15. The molecule has 1 spiro atoms. The Morgan fingerprint density at radius 1 is 0.958 bits per heavy atom. The van der Waals surface area contributed by atoms with E-state index >= 15 is 0 Å². The van der Waals surface area contributed by atoms with Gasteiger partial charge in [-0.25, -0.2) is 0 Å². The number of carbonyl (C=O) groups is 3. The highest BCUT2D eigenvalue weighted by Crippen LogP contribution is 2.65. The number of likely N-dealkylation sites (tertiary alicyclic amines) is 1. The van der Waals surface area contributed by atoms with Crippen LogP contribution in [0.5, 0.6) is 5.75 Å². The Hall–Kier alpha value is -4.15. The second-order valence-corrected chi connectivity index (χ2v) is 13.0. The number of carbonyl (C=O) groups excluding carboxylic acids is 3. The molecule has 0 radical (unpaired) electrons. The molecule has 3 saturated heterocycles. The van der Waals surface area contributed by atoms with E-state index in [1.807, 2.05) is 69.3 Å². The average molecular weight is 659 g/mol. The van der Waals surface area contributed by atoms with Gasteiger partial charge < -0.3 is 34.2 Å². The van der Waals surface area contributed by atoms with Crippen LogP contribution in [-0.4, -0.2) is 90.9 Å². The fraction of sp³-hybridized carbons (Fsp3) is 0.500. The van der Waals surface area contributed by atoms with Crippen molar-refractivity contribution in [1.82, 2.24) is 4.90 Å². The van der Waals surface area contributed by atoms with E-state index in [2.05, 4.69) is 31.9 Å². The number of β-amino-alcohol motifs (C(OH)–C–C–N with tert-alkyl or cyclic N) is 1. The summed E-state index contributed by atoms with van der Waals surface area (Å²) >= 11 is 0. The zero-order valence-corrected chi connectivity index (χ0v) is 28.9. The third kappa shape index (κ3) is 5.68. The average Bonchev–Trinajstić information content (AvgIpc) is 3.60. The Morgan fingerprint density at radius 2 is 1.50 bits per heavy atom. The first-order valence-corrected chi connectivity index (χ1v) is 17.1. The number of anilines is 3. The van der Waals surface area contributed by atoms with E-state index in [1.165, 1.54) is 4.90 Å². The molecule has 1 N–H and O–H groups in total. The summed E-state index contributed by atoms with van der Waals surface area (Å²) in [6, 6.07) is 14.0. The first-order chi connectivity index (χ1) is 23.1. The lowest BCUT2D eigenvalue weighted by Crippen LogP contribution is -2.57. The summed E-state index contributed by atoms with van der Waals surface area (Å²) in [5.74, 6) is -2.15. The maximum Gasteiger partial charge on any atom is 0.253 e. The van der Waals surface area contributed by atoms with Crippen LogP contribution >= 0.6 is 0 Å². The van der Waals surface area contributed by atoms with Crippen molar-refractivity contribution in [2.24, 2.45) is 17.8 Å². The van der Waals surface area contributed by atoms with E-state index in [1.54, 1.807) is 22.0 Å². The summed E-state index contributed by atoms with van der Waals surface area (Å²) in [4.78, 5) is 51.0. The highest BCUT2D eigenvalue weighted by molar-refractivity contribution is 6.07. The van der Waals surface area contributed by atoms with Gasteiger partial charge in [0.15, 0.2) is 0 Å². The van der Waals surface area contributed by atoms with Gasteiger partial charge >= 0.3 is 0 Å². The van der Waals surface area contributed by atoms with Crippen molar-refractivity contribution >= 4 is 34.8 Å². The summed E-state index contributed by atoms with van der Waals surface area (Å²) in [7, 11) is 0. The van der Waals surface area contributed by atoms with E-state index in [-0.39, 0.29) is 49.9 Å². The molecule has 0 saturated carbocycles. The van der Waals surface area contributed by atoms with Gasteiger partial charge in [-0.05, 0) is 88.6 Å². The Labute approximate surface area is 284 Å². The number of aliphatic hydroxyl groups is 1. The lowest BCUT2D eigenvalue weighted by atomic mass is 9.62. The van der Waals surface area contributed by atoms with Crippen molar-refractivity contribution in [1.29, 1.82) is 0 Å². The van der Waals surface area contributed by atoms with E-state index in [9.17, 15) is 19.5 Å². The second kappa shape index (κ2) is 14.1. The summed E-state index contributed by atoms with van der Waals surface area (Å²) in [5, 5.41) is 10.1. The molecule has 258 valence electrons. The molecule has 48 heavy (non-hydrogen) atoms. The van der Waals surface area contributed by atoms with Gasteiger partial charge in [-0.3, -0.25) is 14.4 Å². The van der Waals surface area contributed by atoms with Crippen molar-refractivity contribution in [2.45, 2.75) is 58.3 Å². The number of aliphatic hydroxyl groups excluding tert-OH is 1. The quantitative estimate of drug-likeness (QED) is 0.278. The molecule has 2 aromatic carbocycles. The molecular formula is C38H50N4O6. The largest absolute Gasteiger partial charge is 0.494 e. The number of fused-ring (bicyclic) bond motifs is 1. The van der Waals surface area contributed by atoms with E-state index < -0.39 is 29.1 Å². The van der Waals surface area contributed by atoms with Crippen LogP contribution in [-0.2, 0) is 19.1 Å². The van der Waals surface area contributed by atoms with Gasteiger partial charge in [-0.2, -0.15) is 0 Å².